The quantitative estimate of drug-likeness (QED) is 0.581. The molecule has 1 aromatic rings. The molecule has 0 aliphatic rings. The summed E-state index contributed by atoms with van der Waals surface area (Å²) in [6.45, 7) is -0.456. The van der Waals surface area contributed by atoms with Gasteiger partial charge in [0.05, 0.1) is 17.6 Å². The van der Waals surface area contributed by atoms with Gasteiger partial charge >= 0.3 is 0 Å². The maximum atomic E-state index is 10.7. The first kappa shape index (κ1) is 13.2. The zero-order valence-electron chi connectivity index (χ0n) is 7.85. The molecule has 16 heavy (non-hydrogen) atoms. The van der Waals surface area contributed by atoms with Crippen molar-refractivity contribution in [3.8, 4) is 5.75 Å². The van der Waals surface area contributed by atoms with E-state index in [-0.39, 0.29) is 26.5 Å². The van der Waals surface area contributed by atoms with E-state index < -0.39 is 17.6 Å². The molecule has 0 saturated heterocycles. The molecular formula is C8H8BrClN2O4. The standard InChI is InChI=1S/C8H8BrClN2O4/c9-6-5(12(15)16)1-3(4(11)2-13)8(14)7(6)10/h1,4,13-14H,2,11H2/t4-/m0/s1. The highest BCUT2D eigenvalue weighted by molar-refractivity contribution is 9.10. The van der Waals surface area contributed by atoms with Crippen molar-refractivity contribution in [2.24, 2.45) is 5.73 Å². The number of rotatable bonds is 3. The maximum Gasteiger partial charge on any atom is 0.285 e. The molecule has 0 radical (unpaired) electrons. The number of benzene rings is 1. The van der Waals surface area contributed by atoms with Gasteiger partial charge in [-0.3, -0.25) is 10.1 Å². The van der Waals surface area contributed by atoms with Crippen LogP contribution in [-0.4, -0.2) is 21.7 Å². The Morgan fingerprint density at radius 1 is 1.69 bits per heavy atom. The number of phenols is 1. The summed E-state index contributed by atoms with van der Waals surface area (Å²) >= 11 is 8.59. The van der Waals surface area contributed by atoms with Crippen LogP contribution < -0.4 is 5.73 Å². The number of phenolic OH excluding ortho intramolecular Hbond substituents is 1. The first-order valence-corrected chi connectivity index (χ1v) is 5.29. The highest BCUT2D eigenvalue weighted by Gasteiger charge is 2.24. The summed E-state index contributed by atoms with van der Waals surface area (Å²) in [6.07, 6.45) is 0. The zero-order valence-corrected chi connectivity index (χ0v) is 10.2. The number of halogens is 2. The number of aliphatic hydroxyl groups is 1. The first-order valence-electron chi connectivity index (χ1n) is 4.11. The Kier molecular flexibility index (Phi) is 4.09. The molecule has 0 aromatic heterocycles. The number of hydrogen-bond acceptors (Lipinski definition) is 5. The van der Waals surface area contributed by atoms with Crippen molar-refractivity contribution < 1.29 is 15.1 Å². The van der Waals surface area contributed by atoms with Crippen LogP contribution in [0.2, 0.25) is 5.02 Å². The molecule has 0 aliphatic carbocycles. The Morgan fingerprint density at radius 3 is 2.69 bits per heavy atom. The van der Waals surface area contributed by atoms with Crippen molar-refractivity contribution in [3.05, 3.63) is 31.2 Å². The molecule has 6 nitrogen and oxygen atoms in total. The predicted octanol–water partition coefficient (Wildman–Crippen LogP) is 1.71. The van der Waals surface area contributed by atoms with Gasteiger partial charge in [-0.15, -0.1) is 0 Å². The summed E-state index contributed by atoms with van der Waals surface area (Å²) < 4.78 is -0.0226. The van der Waals surface area contributed by atoms with Crippen LogP contribution in [-0.2, 0) is 0 Å². The largest absolute Gasteiger partial charge is 0.506 e. The number of aliphatic hydroxyl groups excluding tert-OH is 1. The van der Waals surface area contributed by atoms with Gasteiger partial charge in [-0.1, -0.05) is 11.6 Å². The van der Waals surface area contributed by atoms with Crippen LogP contribution in [0.5, 0.6) is 5.75 Å². The molecule has 0 aliphatic heterocycles. The lowest BCUT2D eigenvalue weighted by Gasteiger charge is -2.12. The minimum absolute atomic E-state index is 0.0226. The monoisotopic (exact) mass is 310 g/mol. The average Bonchev–Trinajstić information content (AvgIpc) is 2.25. The molecule has 1 aromatic carbocycles. The van der Waals surface area contributed by atoms with Crippen molar-refractivity contribution in [1.82, 2.24) is 0 Å². The van der Waals surface area contributed by atoms with Crippen LogP contribution in [0, 0.1) is 10.1 Å². The van der Waals surface area contributed by atoms with Crippen molar-refractivity contribution in [2.75, 3.05) is 6.61 Å². The Morgan fingerprint density at radius 2 is 2.25 bits per heavy atom. The normalized spacial score (nSPS) is 12.5. The Balaban J connectivity index is 3.47. The molecule has 0 unspecified atom stereocenters. The summed E-state index contributed by atoms with van der Waals surface area (Å²) in [5, 5.41) is 28.9. The summed E-state index contributed by atoms with van der Waals surface area (Å²) in [4.78, 5) is 10.0. The summed E-state index contributed by atoms with van der Waals surface area (Å²) in [5.74, 6) is -0.374. The van der Waals surface area contributed by atoms with Gasteiger partial charge in [0.2, 0.25) is 0 Å². The van der Waals surface area contributed by atoms with Crippen LogP contribution in [0.4, 0.5) is 5.69 Å². The minimum Gasteiger partial charge on any atom is -0.506 e. The SMILES string of the molecule is N[C@@H](CO)c1cc([N+](=O)[O-])c(Br)c(Cl)c1O. The number of aromatic hydroxyl groups is 1. The number of nitrogens with zero attached hydrogens (tertiary/aromatic N) is 1. The molecular weight excluding hydrogens is 303 g/mol. The molecule has 0 amide bonds. The molecule has 0 fully saturated rings. The third-order valence-electron chi connectivity index (χ3n) is 1.98. The van der Waals surface area contributed by atoms with Gasteiger partial charge in [0.15, 0.2) is 0 Å². The van der Waals surface area contributed by atoms with Gasteiger partial charge in [-0.2, -0.15) is 0 Å². The fraction of sp³-hybridized carbons (Fsp3) is 0.250. The highest BCUT2D eigenvalue weighted by atomic mass is 79.9. The fourth-order valence-electron chi connectivity index (χ4n) is 1.14. The van der Waals surface area contributed by atoms with Crippen LogP contribution in [0.3, 0.4) is 0 Å². The summed E-state index contributed by atoms with van der Waals surface area (Å²) in [6, 6.07) is 0.149. The van der Waals surface area contributed by atoms with E-state index in [9.17, 15) is 15.2 Å². The second-order valence-corrected chi connectivity index (χ2v) is 4.18. The van der Waals surface area contributed by atoms with Crippen LogP contribution >= 0.6 is 27.5 Å². The van der Waals surface area contributed by atoms with E-state index >= 15 is 0 Å². The number of nitrogens with two attached hydrogens (primary N) is 1. The summed E-state index contributed by atoms with van der Waals surface area (Å²) in [5.41, 5.74) is 5.19. The van der Waals surface area contributed by atoms with Gasteiger partial charge in [-0.05, 0) is 15.9 Å². The van der Waals surface area contributed by atoms with Crippen LogP contribution in [0.15, 0.2) is 10.5 Å². The minimum atomic E-state index is -0.927. The molecule has 8 heteroatoms. The second kappa shape index (κ2) is 4.96. The van der Waals surface area contributed by atoms with Crippen molar-refractivity contribution in [3.63, 3.8) is 0 Å². The van der Waals surface area contributed by atoms with E-state index in [1.807, 2.05) is 0 Å². The van der Waals surface area contributed by atoms with Gasteiger partial charge in [0, 0.05) is 11.6 Å². The van der Waals surface area contributed by atoms with Crippen LogP contribution in [0.25, 0.3) is 0 Å². The maximum absolute atomic E-state index is 10.7. The van der Waals surface area contributed by atoms with E-state index in [1.165, 1.54) is 0 Å². The van der Waals surface area contributed by atoms with Gasteiger partial charge < -0.3 is 15.9 Å². The Labute approximate surface area is 104 Å². The smallest absolute Gasteiger partial charge is 0.285 e. The predicted molar refractivity (Wildman–Crippen MR) is 61.5 cm³/mol. The van der Waals surface area contributed by atoms with E-state index in [4.69, 9.17) is 22.4 Å². The molecule has 0 spiro atoms. The van der Waals surface area contributed by atoms with Crippen molar-refractivity contribution in [1.29, 1.82) is 0 Å². The van der Waals surface area contributed by atoms with Crippen molar-refractivity contribution >= 4 is 33.2 Å². The third kappa shape index (κ3) is 2.27. The first-order chi connectivity index (χ1) is 7.40. The Hall–Kier alpha value is -0.890. The molecule has 1 rings (SSSR count). The zero-order chi connectivity index (χ0) is 12.5. The van der Waals surface area contributed by atoms with Gasteiger partial charge in [0.25, 0.3) is 5.69 Å². The Bertz CT molecular complexity index is 441. The average molecular weight is 312 g/mol. The van der Waals surface area contributed by atoms with Crippen LogP contribution in [0.1, 0.15) is 11.6 Å². The van der Waals surface area contributed by atoms with E-state index in [0.717, 1.165) is 6.07 Å². The molecule has 0 saturated carbocycles. The lowest BCUT2D eigenvalue weighted by atomic mass is 10.1. The number of hydrogen-bond donors (Lipinski definition) is 3. The molecule has 0 heterocycles. The fourth-order valence-corrected chi connectivity index (χ4v) is 1.79. The van der Waals surface area contributed by atoms with Gasteiger partial charge in [-0.25, -0.2) is 0 Å². The second-order valence-electron chi connectivity index (χ2n) is 3.01. The lowest BCUT2D eigenvalue weighted by molar-refractivity contribution is -0.385. The molecule has 88 valence electrons. The molecule has 0 bridgehead atoms. The number of nitro benzene ring substituents is 1. The number of nitro groups is 1. The lowest BCUT2D eigenvalue weighted by Crippen LogP contribution is -2.15. The van der Waals surface area contributed by atoms with Crippen molar-refractivity contribution in [2.45, 2.75) is 6.04 Å². The highest BCUT2D eigenvalue weighted by Crippen LogP contribution is 2.42. The molecule has 1 atom stereocenters. The summed E-state index contributed by atoms with van der Waals surface area (Å²) in [7, 11) is 0. The molecule has 4 N–H and O–H groups in total. The third-order valence-corrected chi connectivity index (χ3v) is 3.38. The topological polar surface area (TPSA) is 110 Å². The van der Waals surface area contributed by atoms with E-state index in [2.05, 4.69) is 15.9 Å². The van der Waals surface area contributed by atoms with E-state index in [0.29, 0.717) is 0 Å². The van der Waals surface area contributed by atoms with Gasteiger partial charge in [0.1, 0.15) is 15.2 Å². The van der Waals surface area contributed by atoms with E-state index in [1.54, 1.807) is 0 Å².